The molecule has 1 N–H and O–H groups in total. The fourth-order valence-corrected chi connectivity index (χ4v) is 1.59. The van der Waals surface area contributed by atoms with E-state index in [1.165, 1.54) is 33.5 Å². The molecule has 1 aromatic carbocycles. The van der Waals surface area contributed by atoms with Gasteiger partial charge in [-0.1, -0.05) is 6.58 Å². The molecule has 0 saturated heterocycles. The van der Waals surface area contributed by atoms with Crippen LogP contribution in [-0.2, 0) is 0 Å². The van der Waals surface area contributed by atoms with Crippen molar-refractivity contribution in [1.82, 2.24) is 0 Å². The Morgan fingerprint density at radius 3 is 1.95 bits per heavy atom. The number of methoxy groups -OCH3 is 3. The maximum atomic E-state index is 13.4. The average Bonchev–Trinajstić information content (AvgIpc) is 2.44. The summed E-state index contributed by atoms with van der Waals surface area (Å²) in [5.41, 5.74) is -0.0561. The Kier molecular flexibility index (Phi) is 4.72. The number of rotatable bonds is 6. The first-order valence-corrected chi connectivity index (χ1v) is 5.40. The Morgan fingerprint density at radius 1 is 1.16 bits per heavy atom. The summed E-state index contributed by atoms with van der Waals surface area (Å²) in [6.07, 6.45) is -1.65. The monoisotopic (exact) mass is 274 g/mol. The second kappa shape index (κ2) is 5.88. The van der Waals surface area contributed by atoms with Gasteiger partial charge in [0.2, 0.25) is 5.75 Å². The minimum atomic E-state index is -3.45. The minimum Gasteiger partial charge on any atom is -0.493 e. The number of alkyl halides is 2. The van der Waals surface area contributed by atoms with Crippen molar-refractivity contribution in [3.63, 3.8) is 0 Å². The van der Waals surface area contributed by atoms with Crippen LogP contribution >= 0.6 is 0 Å². The lowest BCUT2D eigenvalue weighted by molar-refractivity contribution is -0.0713. The van der Waals surface area contributed by atoms with Crippen LogP contribution in [0.15, 0.2) is 24.8 Å². The van der Waals surface area contributed by atoms with Crippen molar-refractivity contribution in [1.29, 1.82) is 0 Å². The lowest BCUT2D eigenvalue weighted by Gasteiger charge is -2.21. The van der Waals surface area contributed by atoms with Crippen molar-refractivity contribution in [3.8, 4) is 17.2 Å². The smallest absolute Gasteiger partial charge is 0.295 e. The number of benzene rings is 1. The van der Waals surface area contributed by atoms with Crippen LogP contribution in [0.25, 0.3) is 0 Å². The summed E-state index contributed by atoms with van der Waals surface area (Å²) >= 11 is 0. The maximum absolute atomic E-state index is 13.4. The first-order chi connectivity index (χ1) is 8.91. The zero-order valence-corrected chi connectivity index (χ0v) is 10.9. The largest absolute Gasteiger partial charge is 0.493 e. The Morgan fingerprint density at radius 2 is 1.63 bits per heavy atom. The van der Waals surface area contributed by atoms with E-state index in [1.807, 2.05) is 0 Å². The summed E-state index contributed by atoms with van der Waals surface area (Å²) in [5, 5.41) is 9.68. The number of hydrogen-bond acceptors (Lipinski definition) is 4. The second-order valence-electron chi connectivity index (χ2n) is 3.74. The Balaban J connectivity index is 3.34. The van der Waals surface area contributed by atoms with Crippen LogP contribution < -0.4 is 14.2 Å². The molecule has 0 aliphatic rings. The molecular formula is C13H16F2O4. The van der Waals surface area contributed by atoms with Crippen LogP contribution in [0.3, 0.4) is 0 Å². The predicted octanol–water partition coefficient (Wildman–Crippen LogP) is 2.57. The summed E-state index contributed by atoms with van der Waals surface area (Å²) in [4.78, 5) is 0. The number of aliphatic hydroxyl groups excluding tert-OH is 1. The zero-order chi connectivity index (χ0) is 14.6. The summed E-state index contributed by atoms with van der Waals surface area (Å²) in [6, 6.07) is 2.53. The summed E-state index contributed by atoms with van der Waals surface area (Å²) in [7, 11) is 4.12. The van der Waals surface area contributed by atoms with Crippen LogP contribution in [0.1, 0.15) is 11.7 Å². The van der Waals surface area contributed by atoms with Crippen LogP contribution in [0.5, 0.6) is 17.2 Å². The third-order valence-corrected chi connectivity index (χ3v) is 2.64. The molecule has 0 bridgehead atoms. The molecule has 0 saturated carbocycles. The summed E-state index contributed by atoms with van der Waals surface area (Å²) in [6.45, 7) is 3.00. The molecule has 106 valence electrons. The van der Waals surface area contributed by atoms with E-state index in [0.29, 0.717) is 6.08 Å². The molecule has 4 nitrogen and oxygen atoms in total. The fraction of sp³-hybridized carbons (Fsp3) is 0.385. The SMILES string of the molecule is C=CC(F)(F)C(O)c1cc(OC)c(OC)c(OC)c1. The standard InChI is InChI=1S/C13H16F2O4/c1-5-13(14,15)12(16)8-6-9(17-2)11(19-4)10(7-8)18-3/h5-7,12,16H,1H2,2-4H3. The first-order valence-electron chi connectivity index (χ1n) is 5.40. The predicted molar refractivity (Wildman–Crippen MR) is 66.2 cm³/mol. The van der Waals surface area contributed by atoms with Crippen LogP contribution in [0.2, 0.25) is 0 Å². The summed E-state index contributed by atoms with van der Waals surface area (Å²) < 4.78 is 41.9. The number of ether oxygens (including phenoxy) is 3. The van der Waals surface area contributed by atoms with Gasteiger partial charge in [0.05, 0.1) is 21.3 Å². The van der Waals surface area contributed by atoms with Gasteiger partial charge < -0.3 is 19.3 Å². The lowest BCUT2D eigenvalue weighted by atomic mass is 10.0. The molecule has 0 aliphatic heterocycles. The van der Waals surface area contributed by atoms with E-state index in [0.717, 1.165) is 0 Å². The Labute approximate surface area is 110 Å². The van der Waals surface area contributed by atoms with E-state index in [9.17, 15) is 13.9 Å². The second-order valence-corrected chi connectivity index (χ2v) is 3.74. The van der Waals surface area contributed by atoms with Gasteiger partial charge in [0.15, 0.2) is 11.5 Å². The maximum Gasteiger partial charge on any atom is 0.295 e. The molecule has 1 atom stereocenters. The van der Waals surface area contributed by atoms with Gasteiger partial charge in [-0.05, 0) is 23.8 Å². The van der Waals surface area contributed by atoms with Crippen molar-refractivity contribution in [2.45, 2.75) is 12.0 Å². The molecule has 0 amide bonds. The molecule has 1 unspecified atom stereocenters. The number of halogens is 2. The van der Waals surface area contributed by atoms with Crippen molar-refractivity contribution in [2.75, 3.05) is 21.3 Å². The van der Waals surface area contributed by atoms with E-state index < -0.39 is 12.0 Å². The quantitative estimate of drug-likeness (QED) is 0.810. The molecule has 0 spiro atoms. The van der Waals surface area contributed by atoms with Crippen molar-refractivity contribution in [3.05, 3.63) is 30.4 Å². The molecule has 19 heavy (non-hydrogen) atoms. The van der Waals surface area contributed by atoms with E-state index in [2.05, 4.69) is 6.58 Å². The van der Waals surface area contributed by atoms with Crippen molar-refractivity contribution in [2.24, 2.45) is 0 Å². The van der Waals surface area contributed by atoms with Gasteiger partial charge in [0.25, 0.3) is 5.92 Å². The van der Waals surface area contributed by atoms with Gasteiger partial charge in [0, 0.05) is 0 Å². The molecule has 0 heterocycles. The highest BCUT2D eigenvalue weighted by Gasteiger charge is 2.37. The normalized spacial score (nSPS) is 12.7. The molecule has 0 aliphatic carbocycles. The summed E-state index contributed by atoms with van der Waals surface area (Å²) in [5.74, 6) is -2.81. The highest BCUT2D eigenvalue weighted by Crippen LogP contribution is 2.42. The van der Waals surface area contributed by atoms with Crippen LogP contribution in [-0.4, -0.2) is 32.4 Å². The highest BCUT2D eigenvalue weighted by molar-refractivity contribution is 5.54. The third kappa shape index (κ3) is 2.96. The number of aliphatic hydroxyl groups is 1. The lowest BCUT2D eigenvalue weighted by Crippen LogP contribution is -2.23. The van der Waals surface area contributed by atoms with E-state index in [4.69, 9.17) is 14.2 Å². The molecule has 0 fully saturated rings. The molecule has 1 rings (SSSR count). The van der Waals surface area contributed by atoms with Gasteiger partial charge >= 0.3 is 0 Å². The highest BCUT2D eigenvalue weighted by atomic mass is 19.3. The van der Waals surface area contributed by atoms with Gasteiger partial charge in [-0.2, -0.15) is 8.78 Å². The van der Waals surface area contributed by atoms with E-state index in [1.54, 1.807) is 0 Å². The Hall–Kier alpha value is -1.82. The van der Waals surface area contributed by atoms with Gasteiger partial charge in [-0.25, -0.2) is 0 Å². The van der Waals surface area contributed by atoms with Gasteiger partial charge in [-0.15, -0.1) is 0 Å². The molecule has 6 heteroatoms. The van der Waals surface area contributed by atoms with Gasteiger partial charge in [0.1, 0.15) is 6.10 Å². The molecule has 1 aromatic rings. The van der Waals surface area contributed by atoms with E-state index >= 15 is 0 Å². The van der Waals surface area contributed by atoms with Crippen molar-refractivity contribution < 1.29 is 28.1 Å². The number of hydrogen-bond donors (Lipinski definition) is 1. The van der Waals surface area contributed by atoms with Crippen LogP contribution in [0, 0.1) is 0 Å². The first kappa shape index (κ1) is 15.2. The van der Waals surface area contributed by atoms with Crippen LogP contribution in [0.4, 0.5) is 8.78 Å². The van der Waals surface area contributed by atoms with Crippen molar-refractivity contribution >= 4 is 0 Å². The Bertz CT molecular complexity index is 435. The fourth-order valence-electron chi connectivity index (χ4n) is 1.59. The zero-order valence-electron chi connectivity index (χ0n) is 10.9. The topological polar surface area (TPSA) is 47.9 Å². The van der Waals surface area contributed by atoms with E-state index in [-0.39, 0.29) is 22.8 Å². The van der Waals surface area contributed by atoms with Gasteiger partial charge in [-0.3, -0.25) is 0 Å². The minimum absolute atomic E-state index is 0.0561. The molecule has 0 aromatic heterocycles. The molecule has 0 radical (unpaired) electrons. The molecular weight excluding hydrogens is 258 g/mol. The third-order valence-electron chi connectivity index (χ3n) is 2.64. The average molecular weight is 274 g/mol.